The number of nitrogens with one attached hydrogen (secondary N) is 1. The first-order chi connectivity index (χ1) is 11.0. The summed E-state index contributed by atoms with van der Waals surface area (Å²) in [5, 5.41) is 2.93. The Morgan fingerprint density at radius 1 is 1.35 bits per heavy atom. The smallest absolute Gasteiger partial charge is 0.311 e. The minimum absolute atomic E-state index is 0.0880. The van der Waals surface area contributed by atoms with Crippen LogP contribution in [0.4, 0.5) is 4.39 Å². The molecule has 0 unspecified atom stereocenters. The predicted octanol–water partition coefficient (Wildman–Crippen LogP) is 1.85. The van der Waals surface area contributed by atoms with E-state index in [9.17, 15) is 14.0 Å². The number of carbonyl (C=O) groups is 1. The number of hydrogen-bond acceptors (Lipinski definition) is 4. The molecular formula is C16H14FN3O3. The summed E-state index contributed by atoms with van der Waals surface area (Å²) in [5.41, 5.74) is 2.52. The van der Waals surface area contributed by atoms with Crippen LogP contribution in [0.1, 0.15) is 11.4 Å². The highest BCUT2D eigenvalue weighted by molar-refractivity contribution is 5.80. The van der Waals surface area contributed by atoms with Gasteiger partial charge in [-0.2, -0.15) is 0 Å². The maximum absolute atomic E-state index is 13.1. The molecule has 2 heterocycles. The van der Waals surface area contributed by atoms with Crippen LogP contribution < -0.4 is 5.56 Å². The fourth-order valence-electron chi connectivity index (χ4n) is 2.47. The lowest BCUT2D eigenvalue weighted by Gasteiger charge is -2.03. The highest BCUT2D eigenvalue weighted by atomic mass is 19.1. The normalized spacial score (nSPS) is 10.9. The Hall–Kier alpha value is -2.96. The summed E-state index contributed by atoms with van der Waals surface area (Å²) in [6, 6.07) is 7.20. The minimum atomic E-state index is -0.475. The standard InChI is InChI=1S/C16H14FN3O3/c1-9-15(10-3-5-11(17)6-4-10)16-18-12(8-14(22)23-2)7-13(21)20(16)19-9/h3-7,19H,8H2,1-2H3. The largest absolute Gasteiger partial charge is 0.469 e. The number of methoxy groups -OCH3 is 1. The second-order valence-electron chi connectivity index (χ2n) is 5.12. The van der Waals surface area contributed by atoms with Crippen molar-refractivity contribution >= 4 is 11.6 Å². The third-order valence-corrected chi connectivity index (χ3v) is 3.54. The number of aromatic nitrogens is 3. The van der Waals surface area contributed by atoms with Crippen molar-refractivity contribution in [2.45, 2.75) is 13.3 Å². The Morgan fingerprint density at radius 2 is 2.04 bits per heavy atom. The summed E-state index contributed by atoms with van der Waals surface area (Å²) in [7, 11) is 1.28. The van der Waals surface area contributed by atoms with Gasteiger partial charge in [0.15, 0.2) is 5.65 Å². The molecule has 0 radical (unpaired) electrons. The number of benzene rings is 1. The van der Waals surface area contributed by atoms with Crippen LogP contribution in [0.25, 0.3) is 16.8 Å². The van der Waals surface area contributed by atoms with Crippen LogP contribution in [0.3, 0.4) is 0 Å². The molecule has 1 aromatic carbocycles. The molecule has 3 aromatic rings. The van der Waals surface area contributed by atoms with Crippen LogP contribution in [0.15, 0.2) is 35.1 Å². The first kappa shape index (κ1) is 15.0. The van der Waals surface area contributed by atoms with Gasteiger partial charge in [0.05, 0.1) is 19.2 Å². The van der Waals surface area contributed by atoms with E-state index in [1.165, 1.54) is 29.8 Å². The van der Waals surface area contributed by atoms with E-state index >= 15 is 0 Å². The molecule has 7 heteroatoms. The maximum atomic E-state index is 13.1. The van der Waals surface area contributed by atoms with Crippen LogP contribution in [-0.4, -0.2) is 27.7 Å². The molecule has 0 bridgehead atoms. The Bertz CT molecular complexity index is 942. The van der Waals surface area contributed by atoms with E-state index in [0.29, 0.717) is 16.9 Å². The van der Waals surface area contributed by atoms with Crippen LogP contribution >= 0.6 is 0 Å². The topological polar surface area (TPSA) is 76.5 Å². The summed E-state index contributed by atoms with van der Waals surface area (Å²) in [4.78, 5) is 28.0. The second-order valence-corrected chi connectivity index (χ2v) is 5.12. The molecule has 0 aliphatic heterocycles. The molecule has 1 N–H and O–H groups in total. The number of hydrogen-bond donors (Lipinski definition) is 1. The molecule has 0 spiro atoms. The van der Waals surface area contributed by atoms with Crippen molar-refractivity contribution in [3.05, 3.63) is 57.9 Å². The van der Waals surface area contributed by atoms with Gasteiger partial charge in [-0.25, -0.2) is 13.9 Å². The van der Waals surface area contributed by atoms with Gasteiger partial charge in [-0.1, -0.05) is 12.1 Å². The van der Waals surface area contributed by atoms with Crippen molar-refractivity contribution in [3.63, 3.8) is 0 Å². The molecule has 6 nitrogen and oxygen atoms in total. The van der Waals surface area contributed by atoms with Gasteiger partial charge >= 0.3 is 5.97 Å². The maximum Gasteiger partial charge on any atom is 0.311 e. The van der Waals surface area contributed by atoms with Gasteiger partial charge in [0.25, 0.3) is 5.56 Å². The Balaban J connectivity index is 2.21. The second kappa shape index (κ2) is 5.68. The molecule has 3 rings (SSSR count). The first-order valence-electron chi connectivity index (χ1n) is 6.93. The highest BCUT2D eigenvalue weighted by Crippen LogP contribution is 2.26. The lowest BCUT2D eigenvalue weighted by molar-refractivity contribution is -0.139. The number of esters is 1. The average molecular weight is 315 g/mol. The Labute approximate surface area is 130 Å². The summed E-state index contributed by atoms with van der Waals surface area (Å²) in [6.45, 7) is 1.80. The van der Waals surface area contributed by atoms with E-state index in [0.717, 1.165) is 11.3 Å². The monoisotopic (exact) mass is 315 g/mol. The lowest BCUT2D eigenvalue weighted by Crippen LogP contribution is -2.17. The fourth-order valence-corrected chi connectivity index (χ4v) is 2.47. The average Bonchev–Trinajstić information content (AvgIpc) is 2.85. The molecule has 2 aromatic heterocycles. The van der Waals surface area contributed by atoms with Gasteiger partial charge < -0.3 is 4.74 Å². The Morgan fingerprint density at radius 3 is 2.70 bits per heavy atom. The third-order valence-electron chi connectivity index (χ3n) is 3.54. The molecular weight excluding hydrogens is 301 g/mol. The number of aromatic amines is 1. The van der Waals surface area contributed by atoms with Gasteiger partial charge in [0.2, 0.25) is 0 Å². The van der Waals surface area contributed by atoms with Crippen LogP contribution in [0.5, 0.6) is 0 Å². The molecule has 0 saturated carbocycles. The van der Waals surface area contributed by atoms with Crippen molar-refractivity contribution in [1.29, 1.82) is 0 Å². The van der Waals surface area contributed by atoms with Crippen LogP contribution in [0.2, 0.25) is 0 Å². The van der Waals surface area contributed by atoms with Gasteiger partial charge in [-0.05, 0) is 24.6 Å². The summed E-state index contributed by atoms with van der Waals surface area (Å²) >= 11 is 0. The zero-order chi connectivity index (χ0) is 16.6. The molecule has 0 amide bonds. The molecule has 118 valence electrons. The zero-order valence-corrected chi connectivity index (χ0v) is 12.6. The molecule has 0 aliphatic carbocycles. The quantitative estimate of drug-likeness (QED) is 0.748. The number of aryl methyl sites for hydroxylation is 1. The van der Waals surface area contributed by atoms with Crippen molar-refractivity contribution in [2.24, 2.45) is 0 Å². The van der Waals surface area contributed by atoms with Crippen LogP contribution in [0, 0.1) is 12.7 Å². The molecule has 0 aliphatic rings. The van der Waals surface area contributed by atoms with Gasteiger partial charge in [-0.3, -0.25) is 14.7 Å². The number of ether oxygens (including phenoxy) is 1. The summed E-state index contributed by atoms with van der Waals surface area (Å²) in [6.07, 6.45) is -0.0880. The van der Waals surface area contributed by atoms with E-state index < -0.39 is 5.97 Å². The molecule has 0 saturated heterocycles. The number of halogens is 1. The number of carbonyl (C=O) groups excluding carboxylic acids is 1. The first-order valence-corrected chi connectivity index (χ1v) is 6.93. The predicted molar refractivity (Wildman–Crippen MR) is 81.7 cm³/mol. The van der Waals surface area contributed by atoms with E-state index in [-0.39, 0.29) is 17.8 Å². The van der Waals surface area contributed by atoms with Crippen molar-refractivity contribution in [1.82, 2.24) is 14.6 Å². The summed E-state index contributed by atoms with van der Waals surface area (Å²) < 4.78 is 19.0. The zero-order valence-electron chi connectivity index (χ0n) is 12.6. The number of fused-ring (bicyclic) bond motifs is 1. The molecule has 0 atom stereocenters. The van der Waals surface area contributed by atoms with E-state index in [4.69, 9.17) is 0 Å². The highest BCUT2D eigenvalue weighted by Gasteiger charge is 2.16. The van der Waals surface area contributed by atoms with Crippen molar-refractivity contribution in [2.75, 3.05) is 7.11 Å². The van der Waals surface area contributed by atoms with E-state index in [1.54, 1.807) is 19.1 Å². The molecule has 23 heavy (non-hydrogen) atoms. The third kappa shape index (κ3) is 2.73. The lowest BCUT2D eigenvalue weighted by atomic mass is 10.1. The summed E-state index contributed by atoms with van der Waals surface area (Å²) in [5.74, 6) is -0.820. The SMILES string of the molecule is COC(=O)Cc1cc(=O)n2[nH]c(C)c(-c3ccc(F)cc3)c2n1. The number of H-pyrrole nitrogens is 1. The van der Waals surface area contributed by atoms with E-state index in [1.807, 2.05) is 0 Å². The van der Waals surface area contributed by atoms with Crippen LogP contribution in [-0.2, 0) is 16.0 Å². The number of nitrogens with zero attached hydrogens (tertiary/aromatic N) is 2. The fraction of sp³-hybridized carbons (Fsp3) is 0.188. The van der Waals surface area contributed by atoms with E-state index in [2.05, 4.69) is 14.8 Å². The van der Waals surface area contributed by atoms with Gasteiger partial charge in [0.1, 0.15) is 5.82 Å². The molecule has 0 fully saturated rings. The van der Waals surface area contributed by atoms with Gasteiger partial charge in [-0.15, -0.1) is 0 Å². The number of rotatable bonds is 3. The van der Waals surface area contributed by atoms with Crippen molar-refractivity contribution < 1.29 is 13.9 Å². The van der Waals surface area contributed by atoms with Gasteiger partial charge in [0, 0.05) is 17.3 Å². The van der Waals surface area contributed by atoms with Crippen molar-refractivity contribution in [3.8, 4) is 11.1 Å². The Kier molecular flexibility index (Phi) is 3.69. The minimum Gasteiger partial charge on any atom is -0.469 e.